The third-order valence-electron chi connectivity index (χ3n) is 13.6. The predicted molar refractivity (Wildman–Crippen MR) is 152 cm³/mol. The normalized spacial score (nSPS) is 53.3. The number of rotatable bonds is 5. The molecule has 12 nitrogen and oxygen atoms in total. The van der Waals surface area contributed by atoms with Gasteiger partial charge < -0.3 is 43.8 Å². The van der Waals surface area contributed by atoms with Crippen LogP contribution in [-0.2, 0) is 33.3 Å². The zero-order valence-corrected chi connectivity index (χ0v) is 26.5. The summed E-state index contributed by atoms with van der Waals surface area (Å²) in [6.07, 6.45) is -5.08. The number of hydrogen-bond acceptors (Lipinski definition) is 12. The van der Waals surface area contributed by atoms with Crippen LogP contribution in [-0.4, -0.2) is 93.3 Å². The molecule has 2 aliphatic heterocycles. The molecular formula is C33H44O12. The van der Waals surface area contributed by atoms with E-state index in [2.05, 4.69) is 0 Å². The van der Waals surface area contributed by atoms with Crippen molar-refractivity contribution in [3.63, 3.8) is 0 Å². The van der Waals surface area contributed by atoms with E-state index in [-0.39, 0.29) is 25.0 Å². The Morgan fingerprint density at radius 2 is 1.80 bits per heavy atom. The van der Waals surface area contributed by atoms with Gasteiger partial charge in [0.2, 0.25) is 6.29 Å². The van der Waals surface area contributed by atoms with Crippen LogP contribution in [0.2, 0.25) is 0 Å². The number of ether oxygens (including phenoxy) is 4. The minimum atomic E-state index is -1.70. The topological polar surface area (TPSA) is 185 Å². The molecule has 4 N–H and O–H groups in total. The van der Waals surface area contributed by atoms with Crippen LogP contribution in [0.3, 0.4) is 0 Å². The lowest BCUT2D eigenvalue weighted by Gasteiger charge is -2.73. The van der Waals surface area contributed by atoms with Gasteiger partial charge in [-0.3, -0.25) is 14.4 Å². The van der Waals surface area contributed by atoms with Crippen molar-refractivity contribution in [2.45, 2.75) is 115 Å². The van der Waals surface area contributed by atoms with Crippen molar-refractivity contribution in [1.29, 1.82) is 0 Å². The number of hydrogen-bond donors (Lipinski definition) is 4. The fraction of sp³-hybridized carbons (Fsp3) is 0.788. The molecule has 6 fully saturated rings. The molecule has 12 heteroatoms. The van der Waals surface area contributed by atoms with Crippen LogP contribution in [0.15, 0.2) is 23.0 Å². The molecule has 4 aliphatic carbocycles. The Hall–Kier alpha value is -2.35. The lowest BCUT2D eigenvalue weighted by molar-refractivity contribution is -0.391. The van der Waals surface area contributed by atoms with Gasteiger partial charge in [-0.2, -0.15) is 0 Å². The average Bonchev–Trinajstić information content (AvgIpc) is 3.35. The van der Waals surface area contributed by atoms with E-state index in [9.17, 15) is 34.8 Å². The highest BCUT2D eigenvalue weighted by molar-refractivity contribution is 5.91. The number of esters is 2. The third kappa shape index (κ3) is 3.36. The van der Waals surface area contributed by atoms with Crippen LogP contribution in [0.1, 0.15) is 72.3 Å². The highest BCUT2D eigenvalue weighted by Gasteiger charge is 2.92. The Morgan fingerprint density at radius 3 is 2.42 bits per heavy atom. The molecule has 2 bridgehead atoms. The minimum Gasteiger partial charge on any atom is -0.472 e. The first-order valence-electron chi connectivity index (χ1n) is 16.0. The third-order valence-corrected chi connectivity index (χ3v) is 13.6. The summed E-state index contributed by atoms with van der Waals surface area (Å²) in [5.74, 6) is -4.73. The molecule has 2 saturated heterocycles. The summed E-state index contributed by atoms with van der Waals surface area (Å²) in [5, 5.41) is 48.3. The average molecular weight is 633 g/mol. The van der Waals surface area contributed by atoms with E-state index >= 15 is 0 Å². The molecule has 1 aromatic rings. The second-order valence-electron chi connectivity index (χ2n) is 15.1. The zero-order valence-electron chi connectivity index (χ0n) is 26.5. The van der Waals surface area contributed by atoms with E-state index in [1.807, 2.05) is 19.9 Å². The number of epoxide rings is 1. The van der Waals surface area contributed by atoms with Gasteiger partial charge >= 0.3 is 11.9 Å². The molecule has 0 amide bonds. The van der Waals surface area contributed by atoms with Gasteiger partial charge in [0.1, 0.15) is 23.9 Å². The number of fused-ring (bicyclic) bond motifs is 1. The number of aliphatic hydroxyl groups is 4. The van der Waals surface area contributed by atoms with Gasteiger partial charge in [-0.25, -0.2) is 0 Å². The number of Topliss-reactive ketones (excluding diaryl/α,β-unsaturated/α-hetero) is 1. The molecule has 1 spiro atoms. The van der Waals surface area contributed by atoms with Crippen molar-refractivity contribution in [3.8, 4) is 0 Å². The number of carbonyl (C=O) groups excluding carboxylic acids is 3. The van der Waals surface area contributed by atoms with Crippen LogP contribution in [0.4, 0.5) is 0 Å². The highest BCUT2D eigenvalue weighted by atomic mass is 16.7. The minimum absolute atomic E-state index is 0.000547. The Balaban J connectivity index is 1.39. The Bertz CT molecular complexity index is 1410. The first kappa shape index (κ1) is 31.3. The number of ketones is 1. The van der Waals surface area contributed by atoms with Crippen LogP contribution >= 0.6 is 0 Å². The maximum Gasteiger partial charge on any atom is 0.310 e. The summed E-state index contributed by atoms with van der Waals surface area (Å²) in [6, 6.07) is 1.81. The number of furan rings is 1. The van der Waals surface area contributed by atoms with Crippen molar-refractivity contribution in [2.75, 3.05) is 6.61 Å². The molecule has 7 rings (SSSR count). The van der Waals surface area contributed by atoms with Crippen LogP contribution in [0.5, 0.6) is 0 Å². The van der Waals surface area contributed by atoms with Gasteiger partial charge in [-0.15, -0.1) is 0 Å². The monoisotopic (exact) mass is 632 g/mol. The van der Waals surface area contributed by atoms with Crippen LogP contribution in [0.25, 0.3) is 0 Å². The van der Waals surface area contributed by atoms with Crippen molar-refractivity contribution >= 4 is 17.7 Å². The van der Waals surface area contributed by atoms with Gasteiger partial charge in [-0.05, 0) is 43.7 Å². The standard InChI is InChI=1S/C33H44O12/c1-7-14(2)27(40)44-28-29(4)18-11-19(35)31(6)23(32(18,13-42-28)25(39)22(37)26(29)43-15(3)34)21(36)24(38)30(5)17(16-8-9-41-12-16)10-20-33(30,31)45-20/h8-9,12,14,17-20,22-26,28,35,37-39H,7,10-11,13H2,1-6H3/t14?,17-,18-,19+,20+,22+,23-,24+,25-,26+,28-,29-,30+,31+,32-,33+/m0/s1. The second-order valence-corrected chi connectivity index (χ2v) is 15.1. The number of aliphatic hydroxyl groups excluding tert-OH is 4. The molecule has 3 heterocycles. The predicted octanol–water partition coefficient (Wildman–Crippen LogP) is 1.46. The van der Waals surface area contributed by atoms with E-state index in [1.54, 1.807) is 33.3 Å². The summed E-state index contributed by atoms with van der Waals surface area (Å²) in [5.41, 5.74) is -5.84. The van der Waals surface area contributed by atoms with Gasteiger partial charge in [0.15, 0.2) is 5.78 Å². The van der Waals surface area contributed by atoms with Crippen molar-refractivity contribution in [3.05, 3.63) is 24.2 Å². The van der Waals surface area contributed by atoms with E-state index in [4.69, 9.17) is 23.4 Å². The van der Waals surface area contributed by atoms with Crippen LogP contribution < -0.4 is 0 Å². The van der Waals surface area contributed by atoms with Gasteiger partial charge in [0.25, 0.3) is 0 Å². The Morgan fingerprint density at radius 1 is 1.09 bits per heavy atom. The maximum absolute atomic E-state index is 14.8. The van der Waals surface area contributed by atoms with E-state index in [0.29, 0.717) is 12.8 Å². The molecular weight excluding hydrogens is 588 g/mol. The molecule has 0 radical (unpaired) electrons. The largest absolute Gasteiger partial charge is 0.472 e. The molecule has 16 atom stereocenters. The first-order chi connectivity index (χ1) is 21.1. The SMILES string of the molecule is CCC(C)C(=O)O[C@@H]1OC[C@@]23[C@H]4C(=O)[C@@H](O)[C@@]5(C)[C@H](c6ccoc6)C[C@H]6O[C@]65[C@]4(C)[C@H](O)C[C@H]2[C@@]1(C)[C@H](OC(C)=O)[C@H](O)[C@@H]3O. The van der Waals surface area contributed by atoms with Crippen molar-refractivity contribution < 1.29 is 58.2 Å². The maximum atomic E-state index is 14.8. The van der Waals surface area contributed by atoms with Gasteiger partial charge in [0, 0.05) is 35.0 Å². The highest BCUT2D eigenvalue weighted by Crippen LogP contribution is 2.82. The molecule has 6 aliphatic rings. The lowest BCUT2D eigenvalue weighted by Crippen LogP contribution is -2.84. The fourth-order valence-corrected chi connectivity index (χ4v) is 11.3. The fourth-order valence-electron chi connectivity index (χ4n) is 11.3. The Labute approximate surface area is 261 Å². The lowest BCUT2D eigenvalue weighted by atomic mass is 9.33. The summed E-state index contributed by atoms with van der Waals surface area (Å²) >= 11 is 0. The molecule has 248 valence electrons. The molecule has 4 saturated carbocycles. The summed E-state index contributed by atoms with van der Waals surface area (Å²) in [7, 11) is 0. The van der Waals surface area contributed by atoms with Crippen molar-refractivity contribution in [2.24, 2.45) is 39.4 Å². The molecule has 1 unspecified atom stereocenters. The second kappa shape index (κ2) is 9.60. The quantitative estimate of drug-likeness (QED) is 0.271. The van der Waals surface area contributed by atoms with Gasteiger partial charge in [0.05, 0.1) is 48.8 Å². The summed E-state index contributed by atoms with van der Waals surface area (Å²) < 4.78 is 29.7. The molecule has 45 heavy (non-hydrogen) atoms. The number of carbonyl (C=O) groups is 3. The van der Waals surface area contributed by atoms with E-state index < -0.39 is 99.5 Å². The molecule has 1 aromatic heterocycles. The van der Waals surface area contributed by atoms with Crippen molar-refractivity contribution in [1.82, 2.24) is 0 Å². The first-order valence-corrected chi connectivity index (χ1v) is 16.0. The van der Waals surface area contributed by atoms with E-state index in [0.717, 1.165) is 5.56 Å². The summed E-state index contributed by atoms with van der Waals surface area (Å²) in [6.45, 7) is 9.66. The zero-order chi connectivity index (χ0) is 32.6. The van der Waals surface area contributed by atoms with E-state index in [1.165, 1.54) is 6.92 Å². The van der Waals surface area contributed by atoms with Gasteiger partial charge in [-0.1, -0.05) is 27.7 Å². The molecule has 0 aromatic carbocycles. The smallest absolute Gasteiger partial charge is 0.310 e. The summed E-state index contributed by atoms with van der Waals surface area (Å²) in [4.78, 5) is 40.3. The Kier molecular flexibility index (Phi) is 6.67. The van der Waals surface area contributed by atoms with Crippen LogP contribution in [0, 0.1) is 39.4 Å².